The molecule has 0 radical (unpaired) electrons. The van der Waals surface area contributed by atoms with Crippen LogP contribution < -0.4 is 4.74 Å². The molecule has 3 heteroatoms. The van der Waals surface area contributed by atoms with Crippen LogP contribution in [0.3, 0.4) is 0 Å². The summed E-state index contributed by atoms with van der Waals surface area (Å²) in [5.74, 6) is 0.975. The fourth-order valence-corrected chi connectivity index (χ4v) is 2.00. The first-order valence-corrected chi connectivity index (χ1v) is 5.81. The number of para-hydroxylation sites is 1. The van der Waals surface area contributed by atoms with Crippen LogP contribution in [0.1, 0.15) is 19.4 Å². The van der Waals surface area contributed by atoms with Gasteiger partial charge in [0.05, 0.1) is 6.10 Å². The smallest absolute Gasteiger partial charge is 0.123 e. The molecule has 88 valence electrons. The molecule has 3 nitrogen and oxygen atoms in total. The van der Waals surface area contributed by atoms with Gasteiger partial charge in [0.2, 0.25) is 0 Å². The Bertz CT molecular complexity index is 352. The van der Waals surface area contributed by atoms with E-state index in [9.17, 15) is 5.11 Å². The van der Waals surface area contributed by atoms with E-state index < -0.39 is 0 Å². The van der Waals surface area contributed by atoms with Gasteiger partial charge in [0.25, 0.3) is 0 Å². The summed E-state index contributed by atoms with van der Waals surface area (Å²) in [5, 5.41) is 9.63. The zero-order chi connectivity index (χ0) is 11.5. The van der Waals surface area contributed by atoms with E-state index in [0.717, 1.165) is 18.8 Å². The van der Waals surface area contributed by atoms with E-state index >= 15 is 0 Å². The summed E-state index contributed by atoms with van der Waals surface area (Å²) >= 11 is 0. The van der Waals surface area contributed by atoms with Crippen LogP contribution in [0.15, 0.2) is 24.3 Å². The van der Waals surface area contributed by atoms with Crippen LogP contribution in [-0.4, -0.2) is 35.3 Å². The molecule has 0 aromatic heterocycles. The van der Waals surface area contributed by atoms with E-state index in [1.807, 2.05) is 25.1 Å². The van der Waals surface area contributed by atoms with E-state index in [1.54, 1.807) is 0 Å². The highest BCUT2D eigenvalue weighted by Crippen LogP contribution is 2.23. The van der Waals surface area contributed by atoms with Crippen molar-refractivity contribution in [2.45, 2.75) is 32.5 Å². The Morgan fingerprint density at radius 1 is 1.31 bits per heavy atom. The number of benzene rings is 1. The van der Waals surface area contributed by atoms with E-state index in [0.29, 0.717) is 6.61 Å². The van der Waals surface area contributed by atoms with E-state index in [4.69, 9.17) is 4.74 Å². The maximum atomic E-state index is 9.63. The van der Waals surface area contributed by atoms with E-state index in [2.05, 4.69) is 17.9 Å². The highest BCUT2D eigenvalue weighted by Gasteiger charge is 2.22. The van der Waals surface area contributed by atoms with Gasteiger partial charge in [-0.05, 0) is 19.9 Å². The maximum Gasteiger partial charge on any atom is 0.123 e. The van der Waals surface area contributed by atoms with Gasteiger partial charge in [-0.1, -0.05) is 18.2 Å². The van der Waals surface area contributed by atoms with Gasteiger partial charge in [-0.2, -0.15) is 0 Å². The van der Waals surface area contributed by atoms with Gasteiger partial charge in [-0.3, -0.25) is 4.90 Å². The van der Waals surface area contributed by atoms with Gasteiger partial charge >= 0.3 is 0 Å². The van der Waals surface area contributed by atoms with Crippen LogP contribution in [0.4, 0.5) is 0 Å². The van der Waals surface area contributed by atoms with Crippen molar-refractivity contribution >= 4 is 0 Å². The monoisotopic (exact) mass is 221 g/mol. The zero-order valence-electron chi connectivity index (χ0n) is 9.89. The lowest BCUT2D eigenvalue weighted by Crippen LogP contribution is -2.40. The summed E-state index contributed by atoms with van der Waals surface area (Å²) in [6.45, 7) is 6.29. The molecule has 1 aromatic carbocycles. The minimum absolute atomic E-state index is 0.162. The molecule has 0 aliphatic carbocycles. The van der Waals surface area contributed by atoms with Gasteiger partial charge in [0.1, 0.15) is 12.4 Å². The predicted molar refractivity (Wildman–Crippen MR) is 63.5 cm³/mol. The second-order valence-electron chi connectivity index (χ2n) is 4.41. The lowest BCUT2D eigenvalue weighted by atomic mass is 10.1. The van der Waals surface area contributed by atoms with Crippen molar-refractivity contribution in [3.05, 3.63) is 29.8 Å². The summed E-state index contributed by atoms with van der Waals surface area (Å²) in [5.41, 5.74) is 1.20. The number of nitrogens with zero attached hydrogens (tertiary/aromatic N) is 1. The highest BCUT2D eigenvalue weighted by molar-refractivity contribution is 5.33. The number of aliphatic hydroxyl groups is 1. The Morgan fingerprint density at radius 2 is 2.06 bits per heavy atom. The van der Waals surface area contributed by atoms with Crippen LogP contribution in [0.2, 0.25) is 0 Å². The molecule has 0 bridgehead atoms. The lowest BCUT2D eigenvalue weighted by molar-refractivity contribution is 0.0627. The molecule has 16 heavy (non-hydrogen) atoms. The summed E-state index contributed by atoms with van der Waals surface area (Å²) in [4.78, 5) is 2.26. The molecular formula is C13H19NO2. The minimum Gasteiger partial charge on any atom is -0.492 e. The Labute approximate surface area is 96.6 Å². The van der Waals surface area contributed by atoms with Gasteiger partial charge in [-0.15, -0.1) is 0 Å². The molecule has 2 rings (SSSR count). The van der Waals surface area contributed by atoms with Gasteiger partial charge < -0.3 is 9.84 Å². The molecular weight excluding hydrogens is 202 g/mol. The van der Waals surface area contributed by atoms with Crippen LogP contribution in [0.25, 0.3) is 0 Å². The van der Waals surface area contributed by atoms with Crippen molar-refractivity contribution in [1.82, 2.24) is 4.90 Å². The fraction of sp³-hybridized carbons (Fsp3) is 0.538. The van der Waals surface area contributed by atoms with Crippen molar-refractivity contribution in [3.8, 4) is 5.75 Å². The molecule has 1 aliphatic rings. The third-order valence-corrected chi connectivity index (χ3v) is 3.26. The molecule has 0 fully saturated rings. The first kappa shape index (κ1) is 11.4. The van der Waals surface area contributed by atoms with Crippen molar-refractivity contribution in [3.63, 3.8) is 0 Å². The summed E-state index contributed by atoms with van der Waals surface area (Å²) in [6.07, 6.45) is -0.315. The standard InChI is InChI=1S/C13H19NO2/c1-10(11(2)15)14-7-8-16-13-6-4-3-5-12(13)9-14/h3-6,10-11,15H,7-9H2,1-2H3. The summed E-state index contributed by atoms with van der Waals surface area (Å²) in [6, 6.07) is 8.27. The molecule has 2 unspecified atom stereocenters. The van der Waals surface area contributed by atoms with Crippen LogP contribution >= 0.6 is 0 Å². The average Bonchev–Trinajstić information content (AvgIpc) is 2.49. The second-order valence-corrected chi connectivity index (χ2v) is 4.41. The number of hydrogen-bond acceptors (Lipinski definition) is 3. The molecule has 0 saturated heterocycles. The Kier molecular flexibility index (Phi) is 3.46. The number of hydrogen-bond donors (Lipinski definition) is 1. The first-order valence-electron chi connectivity index (χ1n) is 5.81. The third kappa shape index (κ3) is 2.36. The van der Waals surface area contributed by atoms with Crippen molar-refractivity contribution in [2.75, 3.05) is 13.2 Å². The first-order chi connectivity index (χ1) is 7.68. The molecule has 1 N–H and O–H groups in total. The SMILES string of the molecule is CC(O)C(C)N1CCOc2ccccc2C1. The molecule has 2 atom stereocenters. The average molecular weight is 221 g/mol. The van der Waals surface area contributed by atoms with Crippen molar-refractivity contribution in [2.24, 2.45) is 0 Å². The lowest BCUT2D eigenvalue weighted by Gasteiger charge is -2.29. The van der Waals surface area contributed by atoms with Crippen molar-refractivity contribution < 1.29 is 9.84 Å². The number of aliphatic hydroxyl groups excluding tert-OH is 1. The van der Waals surface area contributed by atoms with Crippen LogP contribution in [0, 0.1) is 0 Å². The molecule has 1 aliphatic heterocycles. The number of ether oxygens (including phenoxy) is 1. The molecule has 1 aromatic rings. The topological polar surface area (TPSA) is 32.7 Å². The normalized spacial score (nSPS) is 20.4. The Morgan fingerprint density at radius 3 is 2.81 bits per heavy atom. The Hall–Kier alpha value is -1.06. The predicted octanol–water partition coefficient (Wildman–Crippen LogP) is 1.65. The highest BCUT2D eigenvalue weighted by atomic mass is 16.5. The maximum absolute atomic E-state index is 9.63. The van der Waals surface area contributed by atoms with Crippen LogP contribution in [0.5, 0.6) is 5.75 Å². The summed E-state index contributed by atoms with van der Waals surface area (Å²) < 4.78 is 5.69. The van der Waals surface area contributed by atoms with E-state index in [1.165, 1.54) is 5.56 Å². The second kappa shape index (κ2) is 4.85. The molecule has 0 amide bonds. The third-order valence-electron chi connectivity index (χ3n) is 3.26. The van der Waals surface area contributed by atoms with Crippen molar-refractivity contribution in [1.29, 1.82) is 0 Å². The molecule has 1 heterocycles. The quantitative estimate of drug-likeness (QED) is 0.824. The molecule has 0 saturated carbocycles. The zero-order valence-corrected chi connectivity index (χ0v) is 9.89. The Balaban J connectivity index is 2.16. The number of fused-ring (bicyclic) bond motifs is 1. The summed E-state index contributed by atoms with van der Waals surface area (Å²) in [7, 11) is 0. The van der Waals surface area contributed by atoms with Gasteiger partial charge in [-0.25, -0.2) is 0 Å². The fourth-order valence-electron chi connectivity index (χ4n) is 2.00. The van der Waals surface area contributed by atoms with Crippen LogP contribution in [-0.2, 0) is 6.54 Å². The molecule has 0 spiro atoms. The number of rotatable bonds is 2. The minimum atomic E-state index is -0.315. The largest absolute Gasteiger partial charge is 0.492 e. The van der Waals surface area contributed by atoms with E-state index in [-0.39, 0.29) is 12.1 Å². The van der Waals surface area contributed by atoms with Gasteiger partial charge in [0.15, 0.2) is 0 Å². The van der Waals surface area contributed by atoms with Gasteiger partial charge in [0, 0.05) is 24.7 Å².